The minimum absolute atomic E-state index is 0.00168. The van der Waals surface area contributed by atoms with E-state index in [1.807, 2.05) is 28.0 Å². The van der Waals surface area contributed by atoms with Crippen molar-refractivity contribution in [1.82, 2.24) is 14.7 Å². The normalized spacial score (nSPS) is 19.9. The van der Waals surface area contributed by atoms with Crippen LogP contribution in [0.5, 0.6) is 11.5 Å². The summed E-state index contributed by atoms with van der Waals surface area (Å²) in [5.41, 5.74) is 0.905. The summed E-state index contributed by atoms with van der Waals surface area (Å²) < 4.78 is 10.6. The first-order valence-corrected chi connectivity index (χ1v) is 9.56. The molecule has 0 N–H and O–H groups in total. The number of carbonyl (C=O) groups excluding carboxylic acids is 2. The number of benzene rings is 1. The minimum atomic E-state index is -0.00168. The fraction of sp³-hybridized carbons (Fsp3) is 0.500. The molecule has 0 unspecified atom stereocenters. The second kappa shape index (κ2) is 8.00. The summed E-state index contributed by atoms with van der Waals surface area (Å²) >= 11 is 0. The fourth-order valence-electron chi connectivity index (χ4n) is 3.67. The minimum Gasteiger partial charge on any atom is -0.454 e. The van der Waals surface area contributed by atoms with E-state index < -0.39 is 0 Å². The van der Waals surface area contributed by atoms with Crippen molar-refractivity contribution in [1.29, 1.82) is 0 Å². The van der Waals surface area contributed by atoms with Gasteiger partial charge in [-0.3, -0.25) is 14.5 Å². The van der Waals surface area contributed by atoms with E-state index in [0.717, 1.165) is 50.3 Å². The Morgan fingerprint density at radius 1 is 0.926 bits per heavy atom. The Morgan fingerprint density at radius 2 is 1.67 bits per heavy atom. The zero-order valence-electron chi connectivity index (χ0n) is 15.4. The number of rotatable bonds is 4. The van der Waals surface area contributed by atoms with E-state index in [4.69, 9.17) is 9.47 Å². The highest BCUT2D eigenvalue weighted by Gasteiger charge is 2.24. The third-order valence-corrected chi connectivity index (χ3v) is 5.32. The second-order valence-electron chi connectivity index (χ2n) is 7.14. The quantitative estimate of drug-likeness (QED) is 0.744. The Bertz CT molecular complexity index is 735. The average Bonchev–Trinajstić information content (AvgIpc) is 3.38. The lowest BCUT2D eigenvalue weighted by atomic mass is 10.2. The highest BCUT2D eigenvalue weighted by atomic mass is 16.7. The summed E-state index contributed by atoms with van der Waals surface area (Å²) in [6.07, 6.45) is 5.63. The monoisotopic (exact) mass is 371 g/mol. The molecule has 4 rings (SSSR count). The average molecular weight is 371 g/mol. The number of ether oxygens (including phenoxy) is 2. The molecule has 0 spiro atoms. The molecule has 3 aliphatic heterocycles. The molecule has 7 nitrogen and oxygen atoms in total. The Hall–Kier alpha value is -2.54. The maximum absolute atomic E-state index is 12.4. The first-order valence-electron chi connectivity index (χ1n) is 9.56. The summed E-state index contributed by atoms with van der Waals surface area (Å²) in [6, 6.07) is 5.62. The molecule has 0 aliphatic carbocycles. The van der Waals surface area contributed by atoms with E-state index in [1.165, 1.54) is 0 Å². The summed E-state index contributed by atoms with van der Waals surface area (Å²) in [6.45, 7) is 5.27. The maximum Gasteiger partial charge on any atom is 0.246 e. The summed E-state index contributed by atoms with van der Waals surface area (Å²) in [4.78, 5) is 30.6. The molecule has 2 amide bonds. The van der Waals surface area contributed by atoms with E-state index in [1.54, 1.807) is 12.2 Å². The van der Waals surface area contributed by atoms with Gasteiger partial charge in [-0.05, 0) is 36.6 Å². The van der Waals surface area contributed by atoms with Gasteiger partial charge in [0.2, 0.25) is 18.6 Å². The molecular weight excluding hydrogens is 346 g/mol. The SMILES string of the molecule is O=C(/C=C/c1ccc2c(c1)OCO2)N1CCN(CC(=O)N2CCCC2)CC1. The van der Waals surface area contributed by atoms with Crippen molar-refractivity contribution in [2.24, 2.45) is 0 Å². The highest BCUT2D eigenvalue weighted by Crippen LogP contribution is 2.32. The number of carbonyl (C=O) groups is 2. The molecule has 1 aromatic rings. The van der Waals surface area contributed by atoms with Gasteiger partial charge in [0, 0.05) is 45.3 Å². The molecule has 144 valence electrons. The standard InChI is InChI=1S/C20H25N3O4/c24-19(6-4-16-3-5-17-18(13-16)27-15-26-17)23-11-9-21(10-12-23)14-20(25)22-7-1-2-8-22/h3-6,13H,1-2,7-12,14-15H2/b6-4+. The van der Waals surface area contributed by atoms with Crippen molar-refractivity contribution in [3.8, 4) is 11.5 Å². The number of amides is 2. The predicted octanol–water partition coefficient (Wildman–Crippen LogP) is 1.20. The van der Waals surface area contributed by atoms with Crippen LogP contribution in [0.4, 0.5) is 0 Å². The Labute approximate surface area is 159 Å². The number of piperazine rings is 1. The third kappa shape index (κ3) is 4.24. The van der Waals surface area contributed by atoms with Crippen molar-refractivity contribution < 1.29 is 19.1 Å². The Kier molecular flexibility index (Phi) is 5.29. The van der Waals surface area contributed by atoms with E-state index in [0.29, 0.717) is 25.4 Å². The van der Waals surface area contributed by atoms with Crippen molar-refractivity contribution in [3.63, 3.8) is 0 Å². The topological polar surface area (TPSA) is 62.3 Å². The van der Waals surface area contributed by atoms with Gasteiger partial charge in [-0.2, -0.15) is 0 Å². The molecule has 27 heavy (non-hydrogen) atoms. The number of hydrogen-bond acceptors (Lipinski definition) is 5. The van der Waals surface area contributed by atoms with E-state index in [-0.39, 0.29) is 18.6 Å². The van der Waals surface area contributed by atoms with E-state index >= 15 is 0 Å². The molecule has 3 heterocycles. The molecule has 1 aromatic carbocycles. The molecular formula is C20H25N3O4. The van der Waals surface area contributed by atoms with Gasteiger partial charge in [-0.15, -0.1) is 0 Å². The van der Waals surface area contributed by atoms with Crippen LogP contribution in [0.3, 0.4) is 0 Å². The summed E-state index contributed by atoms with van der Waals surface area (Å²) in [5, 5.41) is 0. The van der Waals surface area contributed by atoms with Crippen molar-refractivity contribution in [3.05, 3.63) is 29.8 Å². The predicted molar refractivity (Wildman–Crippen MR) is 100 cm³/mol. The maximum atomic E-state index is 12.4. The molecule has 2 fully saturated rings. The molecule has 0 radical (unpaired) electrons. The van der Waals surface area contributed by atoms with Crippen molar-refractivity contribution in [2.75, 3.05) is 52.6 Å². The van der Waals surface area contributed by atoms with Crippen molar-refractivity contribution in [2.45, 2.75) is 12.8 Å². The first kappa shape index (κ1) is 17.9. The summed E-state index contributed by atoms with van der Waals surface area (Å²) in [7, 11) is 0. The molecule has 7 heteroatoms. The van der Waals surface area contributed by atoms with Crippen LogP contribution in [0.15, 0.2) is 24.3 Å². The van der Waals surface area contributed by atoms with Crippen LogP contribution in [0, 0.1) is 0 Å². The lowest BCUT2D eigenvalue weighted by molar-refractivity contribution is -0.132. The largest absolute Gasteiger partial charge is 0.454 e. The Morgan fingerprint density at radius 3 is 2.44 bits per heavy atom. The molecule has 3 aliphatic rings. The molecule has 2 saturated heterocycles. The third-order valence-electron chi connectivity index (χ3n) is 5.32. The highest BCUT2D eigenvalue weighted by molar-refractivity contribution is 5.92. The van der Waals surface area contributed by atoms with Gasteiger partial charge in [0.15, 0.2) is 11.5 Å². The van der Waals surface area contributed by atoms with Crippen LogP contribution >= 0.6 is 0 Å². The van der Waals surface area contributed by atoms with Gasteiger partial charge in [0.1, 0.15) is 0 Å². The smallest absolute Gasteiger partial charge is 0.246 e. The van der Waals surface area contributed by atoms with E-state index in [2.05, 4.69) is 4.90 Å². The van der Waals surface area contributed by atoms with Gasteiger partial charge in [-0.25, -0.2) is 0 Å². The number of likely N-dealkylation sites (tertiary alicyclic amines) is 1. The summed E-state index contributed by atoms with van der Waals surface area (Å²) in [5.74, 6) is 1.66. The van der Waals surface area contributed by atoms with Crippen LogP contribution in [0.1, 0.15) is 18.4 Å². The van der Waals surface area contributed by atoms with Crippen molar-refractivity contribution >= 4 is 17.9 Å². The Balaban J connectivity index is 1.25. The van der Waals surface area contributed by atoms with Crippen LogP contribution in [0.25, 0.3) is 6.08 Å². The van der Waals surface area contributed by atoms with E-state index in [9.17, 15) is 9.59 Å². The molecule has 0 saturated carbocycles. The van der Waals surface area contributed by atoms with Crippen LogP contribution in [-0.2, 0) is 9.59 Å². The molecule has 0 aromatic heterocycles. The zero-order valence-corrected chi connectivity index (χ0v) is 15.4. The molecule has 0 bridgehead atoms. The van der Waals surface area contributed by atoms with Crippen LogP contribution in [-0.4, -0.2) is 79.1 Å². The number of nitrogens with zero attached hydrogens (tertiary/aromatic N) is 3. The van der Waals surface area contributed by atoms with Crippen LogP contribution in [0.2, 0.25) is 0 Å². The van der Waals surface area contributed by atoms with Crippen LogP contribution < -0.4 is 9.47 Å². The van der Waals surface area contributed by atoms with Gasteiger partial charge in [0.05, 0.1) is 6.54 Å². The second-order valence-corrected chi connectivity index (χ2v) is 7.14. The first-order chi connectivity index (χ1) is 13.2. The number of hydrogen-bond donors (Lipinski definition) is 0. The van der Waals surface area contributed by atoms with Gasteiger partial charge < -0.3 is 19.3 Å². The molecule has 0 atom stereocenters. The van der Waals surface area contributed by atoms with Gasteiger partial charge >= 0.3 is 0 Å². The fourth-order valence-corrected chi connectivity index (χ4v) is 3.67. The van der Waals surface area contributed by atoms with Gasteiger partial charge in [-0.1, -0.05) is 6.07 Å². The zero-order chi connectivity index (χ0) is 18.6. The van der Waals surface area contributed by atoms with Gasteiger partial charge in [0.25, 0.3) is 0 Å². The number of fused-ring (bicyclic) bond motifs is 1. The lowest BCUT2D eigenvalue weighted by Gasteiger charge is -2.34. The lowest BCUT2D eigenvalue weighted by Crippen LogP contribution is -2.51.